The van der Waals surface area contributed by atoms with Crippen LogP contribution in [-0.4, -0.2) is 17.7 Å². The number of nitrogens with zero attached hydrogens (tertiary/aromatic N) is 2. The number of nitrogens with two attached hydrogens (primary N) is 1. The highest BCUT2D eigenvalue weighted by Gasteiger charge is 2.31. The van der Waals surface area contributed by atoms with Gasteiger partial charge in [-0.2, -0.15) is 5.10 Å². The van der Waals surface area contributed by atoms with Crippen LogP contribution in [0, 0.1) is 6.92 Å². The van der Waals surface area contributed by atoms with E-state index >= 15 is 0 Å². The summed E-state index contributed by atoms with van der Waals surface area (Å²) in [6.45, 7) is 1.65. The van der Waals surface area contributed by atoms with Gasteiger partial charge in [0.15, 0.2) is 5.17 Å². The molecule has 0 atom stereocenters. The van der Waals surface area contributed by atoms with Crippen LogP contribution in [0.4, 0.5) is 13.2 Å². The van der Waals surface area contributed by atoms with Crippen molar-refractivity contribution in [2.24, 2.45) is 15.9 Å². The van der Waals surface area contributed by atoms with E-state index in [9.17, 15) is 13.2 Å². The number of halogens is 3. The van der Waals surface area contributed by atoms with Crippen LogP contribution in [0.25, 0.3) is 0 Å². The van der Waals surface area contributed by atoms with Gasteiger partial charge in [0.2, 0.25) is 0 Å². The van der Waals surface area contributed by atoms with E-state index in [4.69, 9.17) is 5.73 Å². The van der Waals surface area contributed by atoms with Gasteiger partial charge in [-0.15, -0.1) is 18.3 Å². The zero-order valence-electron chi connectivity index (χ0n) is 13.3. The molecule has 0 bridgehead atoms. The Labute approximate surface area is 147 Å². The third kappa shape index (κ3) is 6.88. The molecular weight excluding hydrogens is 351 g/mol. The first kappa shape index (κ1) is 18.9. The highest BCUT2D eigenvalue weighted by Crippen LogP contribution is 2.24. The molecule has 4 nitrogen and oxygen atoms in total. The fraction of sp³-hybridized carbons (Fsp3) is 0.176. The first-order valence-corrected chi connectivity index (χ1v) is 8.22. The maximum absolute atomic E-state index is 12.2. The smallest absolute Gasteiger partial charge is 0.406 e. The molecule has 0 saturated carbocycles. The predicted molar refractivity (Wildman–Crippen MR) is 94.8 cm³/mol. The molecule has 0 aliphatic heterocycles. The maximum atomic E-state index is 12.2. The molecule has 0 unspecified atom stereocenters. The minimum Gasteiger partial charge on any atom is -0.406 e. The maximum Gasteiger partial charge on any atom is 0.573 e. The minimum absolute atomic E-state index is 0.274. The molecule has 2 rings (SSSR count). The number of hydrogen-bond acceptors (Lipinski definition) is 4. The molecule has 25 heavy (non-hydrogen) atoms. The Hall–Kier alpha value is -2.48. The van der Waals surface area contributed by atoms with Gasteiger partial charge in [0.05, 0.1) is 6.21 Å². The zero-order chi connectivity index (χ0) is 18.3. The molecule has 0 heterocycles. The molecule has 8 heteroatoms. The van der Waals surface area contributed by atoms with E-state index in [-0.39, 0.29) is 5.75 Å². The van der Waals surface area contributed by atoms with Crippen molar-refractivity contribution in [3.8, 4) is 5.75 Å². The fourth-order valence-corrected chi connectivity index (χ4v) is 2.51. The molecule has 0 amide bonds. The van der Waals surface area contributed by atoms with Gasteiger partial charge in [-0.25, -0.2) is 0 Å². The molecule has 0 spiro atoms. The fourth-order valence-electron chi connectivity index (χ4n) is 1.90. The molecule has 132 valence electrons. The molecule has 0 aromatic heterocycles. The quantitative estimate of drug-likeness (QED) is 0.482. The summed E-state index contributed by atoms with van der Waals surface area (Å²) in [5.41, 5.74) is 8.09. The average molecular weight is 367 g/mol. The number of ether oxygens (including phenoxy) is 1. The summed E-state index contributed by atoms with van der Waals surface area (Å²) >= 11 is 1.35. The van der Waals surface area contributed by atoms with Crippen LogP contribution in [0.5, 0.6) is 5.75 Å². The lowest BCUT2D eigenvalue weighted by atomic mass is 10.1. The molecular formula is C17H16F3N3OS. The standard InChI is InChI=1S/C17H16F3N3OS/c1-12-9-15(24-17(18,19)20)8-7-14(12)10-22-23-16(21)25-11-13-5-3-2-4-6-13/h2-10H,11H2,1H3,(H2,21,23). The molecule has 0 aliphatic carbocycles. The van der Waals surface area contributed by atoms with Gasteiger partial charge < -0.3 is 10.5 Å². The summed E-state index contributed by atoms with van der Waals surface area (Å²) in [6, 6.07) is 13.8. The Morgan fingerprint density at radius 3 is 2.56 bits per heavy atom. The summed E-state index contributed by atoms with van der Waals surface area (Å²) in [7, 11) is 0. The predicted octanol–water partition coefficient (Wildman–Crippen LogP) is 4.48. The number of benzene rings is 2. The van der Waals surface area contributed by atoms with Crippen molar-refractivity contribution >= 4 is 23.1 Å². The first-order chi connectivity index (χ1) is 11.8. The van der Waals surface area contributed by atoms with Crippen LogP contribution >= 0.6 is 11.8 Å². The summed E-state index contributed by atoms with van der Waals surface area (Å²) in [4.78, 5) is 0. The Kier molecular flexibility index (Phi) is 6.46. The highest BCUT2D eigenvalue weighted by atomic mass is 32.2. The lowest BCUT2D eigenvalue weighted by molar-refractivity contribution is -0.274. The second kappa shape index (κ2) is 8.57. The second-order valence-corrected chi connectivity index (χ2v) is 6.02. The minimum atomic E-state index is -4.71. The molecule has 2 N–H and O–H groups in total. The van der Waals surface area contributed by atoms with E-state index < -0.39 is 6.36 Å². The number of hydrogen-bond donors (Lipinski definition) is 1. The molecule has 2 aromatic carbocycles. The summed E-state index contributed by atoms with van der Waals surface area (Å²) in [5.74, 6) is 0.400. The average Bonchev–Trinajstić information content (AvgIpc) is 2.54. The Balaban J connectivity index is 1.94. The van der Waals surface area contributed by atoms with Crippen LogP contribution in [-0.2, 0) is 5.75 Å². The first-order valence-electron chi connectivity index (χ1n) is 7.23. The topological polar surface area (TPSA) is 60.0 Å². The normalized spacial score (nSPS) is 12.6. The molecule has 2 aromatic rings. The van der Waals surface area contributed by atoms with Gasteiger partial charge in [0.25, 0.3) is 0 Å². The van der Waals surface area contributed by atoms with Crippen LogP contribution in [0.1, 0.15) is 16.7 Å². The van der Waals surface area contributed by atoms with E-state index in [0.29, 0.717) is 22.0 Å². The molecule has 0 fully saturated rings. The van der Waals surface area contributed by atoms with Gasteiger partial charge >= 0.3 is 6.36 Å². The number of thioether (sulfide) groups is 1. The van der Waals surface area contributed by atoms with Crippen molar-refractivity contribution < 1.29 is 17.9 Å². The van der Waals surface area contributed by atoms with Crippen molar-refractivity contribution in [1.29, 1.82) is 0 Å². The lowest BCUT2D eigenvalue weighted by Gasteiger charge is -2.09. The van der Waals surface area contributed by atoms with E-state index in [0.717, 1.165) is 5.56 Å². The number of rotatable bonds is 5. The monoisotopic (exact) mass is 367 g/mol. The highest BCUT2D eigenvalue weighted by molar-refractivity contribution is 8.13. The molecule has 0 aliphatic rings. The number of aryl methyl sites for hydroxylation is 1. The van der Waals surface area contributed by atoms with Crippen LogP contribution < -0.4 is 10.5 Å². The Morgan fingerprint density at radius 2 is 1.92 bits per heavy atom. The van der Waals surface area contributed by atoms with Gasteiger partial charge in [-0.1, -0.05) is 42.1 Å². The summed E-state index contributed by atoms with van der Waals surface area (Å²) < 4.78 is 40.4. The van der Waals surface area contributed by atoms with Crippen molar-refractivity contribution in [1.82, 2.24) is 0 Å². The van der Waals surface area contributed by atoms with Crippen molar-refractivity contribution in [2.75, 3.05) is 0 Å². The van der Waals surface area contributed by atoms with Gasteiger partial charge in [0.1, 0.15) is 5.75 Å². The number of amidine groups is 1. The van der Waals surface area contributed by atoms with Crippen LogP contribution in [0.3, 0.4) is 0 Å². The largest absolute Gasteiger partial charge is 0.573 e. The third-order valence-corrected chi connectivity index (χ3v) is 3.91. The van der Waals surface area contributed by atoms with Gasteiger partial charge in [-0.3, -0.25) is 0 Å². The van der Waals surface area contributed by atoms with Crippen LogP contribution in [0.15, 0.2) is 58.7 Å². The Bertz CT molecular complexity index is 761. The van der Waals surface area contributed by atoms with E-state index in [1.807, 2.05) is 30.3 Å². The lowest BCUT2D eigenvalue weighted by Crippen LogP contribution is -2.17. The summed E-state index contributed by atoms with van der Waals surface area (Å²) in [5, 5.41) is 8.05. The SMILES string of the molecule is Cc1cc(OC(F)(F)F)ccc1C=NN=C(N)SCc1ccccc1. The molecule has 0 saturated heterocycles. The zero-order valence-corrected chi connectivity index (χ0v) is 14.1. The van der Waals surface area contributed by atoms with E-state index in [1.165, 1.54) is 36.2 Å². The van der Waals surface area contributed by atoms with E-state index in [1.54, 1.807) is 6.92 Å². The van der Waals surface area contributed by atoms with E-state index in [2.05, 4.69) is 14.9 Å². The van der Waals surface area contributed by atoms with Crippen molar-refractivity contribution in [3.05, 3.63) is 65.2 Å². The van der Waals surface area contributed by atoms with Gasteiger partial charge in [0, 0.05) is 5.75 Å². The summed E-state index contributed by atoms with van der Waals surface area (Å²) in [6.07, 6.45) is -3.28. The van der Waals surface area contributed by atoms with Gasteiger partial charge in [-0.05, 0) is 41.8 Å². The van der Waals surface area contributed by atoms with Crippen LogP contribution in [0.2, 0.25) is 0 Å². The molecule has 0 radical (unpaired) electrons. The third-order valence-electron chi connectivity index (χ3n) is 3.06. The second-order valence-electron chi connectivity index (χ2n) is 5.02. The Morgan fingerprint density at radius 1 is 1.20 bits per heavy atom. The number of alkyl halides is 3. The van der Waals surface area contributed by atoms with Crippen molar-refractivity contribution in [2.45, 2.75) is 19.0 Å². The van der Waals surface area contributed by atoms with Crippen molar-refractivity contribution in [3.63, 3.8) is 0 Å².